The van der Waals surface area contributed by atoms with Gasteiger partial charge in [0.2, 0.25) is 6.10 Å². The fraction of sp³-hybridized carbons (Fsp3) is 0.364. The summed E-state index contributed by atoms with van der Waals surface area (Å²) < 4.78 is 19.0. The Hall–Kier alpha value is -2.93. The number of ether oxygens (including phenoxy) is 1. The second-order valence-electron chi connectivity index (χ2n) is 7.26. The van der Waals surface area contributed by atoms with Crippen LogP contribution in [-0.2, 0) is 16.2 Å². The van der Waals surface area contributed by atoms with Gasteiger partial charge in [-0.3, -0.25) is 9.69 Å². The Bertz CT molecular complexity index is 892. The third-order valence-corrected chi connectivity index (χ3v) is 5.40. The quantitative estimate of drug-likeness (QED) is 0.779. The summed E-state index contributed by atoms with van der Waals surface area (Å²) in [6.45, 7) is 3.17. The fourth-order valence-electron chi connectivity index (χ4n) is 3.66. The minimum absolute atomic E-state index is 0.0391. The first-order valence-corrected chi connectivity index (χ1v) is 9.75. The highest BCUT2D eigenvalue weighted by atomic mass is 19.1. The number of carbonyl (C=O) groups excluding carboxylic acids is 1. The van der Waals surface area contributed by atoms with Crippen molar-refractivity contribution in [3.63, 3.8) is 0 Å². The second-order valence-corrected chi connectivity index (χ2v) is 7.26. The number of benzene rings is 2. The number of rotatable bonds is 5. The molecule has 7 heteroatoms. The van der Waals surface area contributed by atoms with Crippen molar-refractivity contribution in [1.29, 1.82) is 0 Å². The molecule has 0 N–H and O–H groups in total. The van der Waals surface area contributed by atoms with Crippen molar-refractivity contribution in [3.8, 4) is 5.75 Å². The molecule has 0 radical (unpaired) electrons. The van der Waals surface area contributed by atoms with Gasteiger partial charge in [-0.25, -0.2) is 4.39 Å². The number of halogens is 1. The van der Waals surface area contributed by atoms with Gasteiger partial charge in [0, 0.05) is 44.7 Å². The van der Waals surface area contributed by atoms with Crippen LogP contribution >= 0.6 is 0 Å². The van der Waals surface area contributed by atoms with E-state index in [1.54, 1.807) is 19.2 Å². The molecule has 0 bridgehead atoms. The molecule has 2 aliphatic rings. The molecule has 1 fully saturated rings. The average molecular weight is 397 g/mol. The van der Waals surface area contributed by atoms with Crippen LogP contribution in [0.25, 0.3) is 0 Å². The number of piperazine rings is 1. The lowest BCUT2D eigenvalue weighted by Gasteiger charge is -2.35. The Labute approximate surface area is 169 Å². The van der Waals surface area contributed by atoms with Crippen LogP contribution < -0.4 is 4.74 Å². The van der Waals surface area contributed by atoms with E-state index in [0.717, 1.165) is 17.0 Å². The molecule has 152 valence electrons. The third kappa shape index (κ3) is 4.40. The summed E-state index contributed by atoms with van der Waals surface area (Å²) in [4.78, 5) is 22.2. The highest BCUT2D eigenvalue weighted by Crippen LogP contribution is 2.21. The van der Waals surface area contributed by atoms with Crippen LogP contribution in [0.2, 0.25) is 0 Å². The van der Waals surface area contributed by atoms with Gasteiger partial charge in [-0.1, -0.05) is 23.4 Å². The fourth-order valence-corrected chi connectivity index (χ4v) is 3.66. The van der Waals surface area contributed by atoms with E-state index in [1.807, 2.05) is 35.2 Å². The number of hydrogen-bond acceptors (Lipinski definition) is 5. The van der Waals surface area contributed by atoms with Gasteiger partial charge in [0.25, 0.3) is 5.91 Å². The summed E-state index contributed by atoms with van der Waals surface area (Å²) in [7, 11) is 1.62. The van der Waals surface area contributed by atoms with Gasteiger partial charge in [0.1, 0.15) is 11.6 Å². The molecular weight excluding hydrogens is 373 g/mol. The van der Waals surface area contributed by atoms with Crippen LogP contribution in [0.4, 0.5) is 4.39 Å². The number of oxime groups is 1. The van der Waals surface area contributed by atoms with Crippen molar-refractivity contribution < 1.29 is 18.8 Å². The number of amides is 1. The lowest BCUT2D eigenvalue weighted by molar-refractivity contribution is -0.143. The molecule has 0 aliphatic carbocycles. The minimum Gasteiger partial charge on any atom is -0.497 e. The highest BCUT2D eigenvalue weighted by molar-refractivity contribution is 6.04. The zero-order valence-corrected chi connectivity index (χ0v) is 16.4. The van der Waals surface area contributed by atoms with E-state index in [9.17, 15) is 9.18 Å². The first-order chi connectivity index (χ1) is 14.1. The maximum atomic E-state index is 13.8. The zero-order valence-electron chi connectivity index (χ0n) is 16.4. The predicted octanol–water partition coefficient (Wildman–Crippen LogP) is 2.67. The average Bonchev–Trinajstić information content (AvgIpc) is 3.26. The largest absolute Gasteiger partial charge is 0.497 e. The van der Waals surface area contributed by atoms with Crippen LogP contribution in [-0.4, -0.2) is 60.8 Å². The molecule has 0 aromatic heterocycles. The van der Waals surface area contributed by atoms with Crippen LogP contribution in [0.5, 0.6) is 5.75 Å². The summed E-state index contributed by atoms with van der Waals surface area (Å²) in [6.07, 6.45) is -0.120. The Morgan fingerprint density at radius 1 is 1.14 bits per heavy atom. The second kappa shape index (κ2) is 8.61. The molecule has 2 aliphatic heterocycles. The number of carbonyl (C=O) groups is 1. The SMILES string of the molecule is COc1ccc(C2=NOC(C(=O)N3CCN(Cc4ccccc4F)CC3)C2)cc1. The minimum atomic E-state index is -0.579. The molecule has 2 aromatic carbocycles. The van der Waals surface area contributed by atoms with Gasteiger partial charge in [-0.2, -0.15) is 0 Å². The first-order valence-electron chi connectivity index (χ1n) is 9.75. The highest BCUT2D eigenvalue weighted by Gasteiger charge is 2.33. The zero-order chi connectivity index (χ0) is 20.2. The van der Waals surface area contributed by atoms with Crippen LogP contribution in [0.15, 0.2) is 53.7 Å². The molecule has 1 saturated heterocycles. The molecule has 0 saturated carbocycles. The Morgan fingerprint density at radius 2 is 1.86 bits per heavy atom. The van der Waals surface area contributed by atoms with E-state index in [1.165, 1.54) is 6.07 Å². The Morgan fingerprint density at radius 3 is 2.55 bits per heavy atom. The molecule has 1 unspecified atom stereocenters. The molecule has 0 spiro atoms. The van der Waals surface area contributed by atoms with Crippen molar-refractivity contribution >= 4 is 11.6 Å². The van der Waals surface area contributed by atoms with Crippen molar-refractivity contribution in [3.05, 3.63) is 65.5 Å². The van der Waals surface area contributed by atoms with E-state index < -0.39 is 6.10 Å². The van der Waals surface area contributed by atoms with E-state index in [2.05, 4.69) is 10.1 Å². The summed E-state index contributed by atoms with van der Waals surface area (Å²) in [5, 5.41) is 4.12. The Balaban J connectivity index is 1.28. The van der Waals surface area contributed by atoms with E-state index >= 15 is 0 Å². The van der Waals surface area contributed by atoms with Crippen LogP contribution in [0.3, 0.4) is 0 Å². The molecule has 29 heavy (non-hydrogen) atoms. The van der Waals surface area contributed by atoms with Crippen molar-refractivity contribution in [1.82, 2.24) is 9.80 Å². The van der Waals surface area contributed by atoms with Gasteiger partial charge < -0.3 is 14.5 Å². The van der Waals surface area contributed by atoms with E-state index in [4.69, 9.17) is 9.57 Å². The number of nitrogens with zero attached hydrogens (tertiary/aromatic N) is 3. The van der Waals surface area contributed by atoms with Crippen LogP contribution in [0.1, 0.15) is 17.5 Å². The maximum Gasteiger partial charge on any atom is 0.266 e. The standard InChI is InChI=1S/C22H24FN3O3/c1-28-18-8-6-16(7-9-18)20-14-21(29-24-20)22(27)26-12-10-25(11-13-26)15-17-4-2-3-5-19(17)23/h2-9,21H,10-15H2,1H3. The Kier molecular flexibility index (Phi) is 5.76. The van der Waals surface area contributed by atoms with Crippen LogP contribution in [0, 0.1) is 5.82 Å². The molecule has 2 heterocycles. The molecule has 6 nitrogen and oxygen atoms in total. The summed E-state index contributed by atoms with van der Waals surface area (Å²) in [5.74, 6) is 0.547. The maximum absolute atomic E-state index is 13.8. The summed E-state index contributed by atoms with van der Waals surface area (Å²) in [6, 6.07) is 14.4. The van der Waals surface area contributed by atoms with Gasteiger partial charge in [0.15, 0.2) is 0 Å². The molecule has 1 amide bonds. The molecule has 4 rings (SSSR count). The lowest BCUT2D eigenvalue weighted by atomic mass is 10.0. The number of hydrogen-bond donors (Lipinski definition) is 0. The van der Waals surface area contributed by atoms with Crippen molar-refractivity contribution in [2.75, 3.05) is 33.3 Å². The molecular formula is C22H24FN3O3. The smallest absolute Gasteiger partial charge is 0.266 e. The van der Waals surface area contributed by atoms with Gasteiger partial charge in [-0.15, -0.1) is 0 Å². The summed E-state index contributed by atoms with van der Waals surface area (Å²) in [5.41, 5.74) is 2.38. The first kappa shape index (κ1) is 19.4. The lowest BCUT2D eigenvalue weighted by Crippen LogP contribution is -2.51. The normalized spacial score (nSPS) is 19.6. The monoisotopic (exact) mass is 397 g/mol. The van der Waals surface area contributed by atoms with Gasteiger partial charge >= 0.3 is 0 Å². The third-order valence-electron chi connectivity index (χ3n) is 5.40. The van der Waals surface area contributed by atoms with E-state index in [0.29, 0.717) is 44.7 Å². The molecule has 1 atom stereocenters. The van der Waals surface area contributed by atoms with E-state index in [-0.39, 0.29) is 11.7 Å². The van der Waals surface area contributed by atoms with Crippen molar-refractivity contribution in [2.45, 2.75) is 19.1 Å². The van der Waals surface area contributed by atoms with Crippen molar-refractivity contribution in [2.24, 2.45) is 5.16 Å². The number of methoxy groups -OCH3 is 1. The summed E-state index contributed by atoms with van der Waals surface area (Å²) >= 11 is 0. The topological polar surface area (TPSA) is 54.4 Å². The van der Waals surface area contributed by atoms with Gasteiger partial charge in [0.05, 0.1) is 12.8 Å². The molecule has 2 aromatic rings. The van der Waals surface area contributed by atoms with Gasteiger partial charge in [-0.05, 0) is 35.9 Å². The predicted molar refractivity (Wildman–Crippen MR) is 107 cm³/mol.